The molecule has 0 N–H and O–H groups in total. The van der Waals surface area contributed by atoms with Crippen LogP contribution < -0.4 is 4.90 Å². The molecule has 47 heavy (non-hydrogen) atoms. The lowest BCUT2D eigenvalue weighted by Gasteiger charge is -2.61. The number of nitrogens with zero attached hydrogens (tertiary/aromatic N) is 2. The van der Waals surface area contributed by atoms with Crippen molar-refractivity contribution in [2.45, 2.75) is 37.5 Å². The van der Waals surface area contributed by atoms with Crippen molar-refractivity contribution < 1.29 is 0 Å². The average molecular weight is 607 g/mol. The van der Waals surface area contributed by atoms with Crippen molar-refractivity contribution in [2.24, 2.45) is 23.7 Å². The van der Waals surface area contributed by atoms with Gasteiger partial charge in [0.1, 0.15) is 0 Å². The first kappa shape index (κ1) is 27.2. The predicted molar refractivity (Wildman–Crippen MR) is 193 cm³/mol. The molecule has 0 radical (unpaired) electrons. The van der Waals surface area contributed by atoms with Crippen LogP contribution in [0.5, 0.6) is 0 Å². The van der Waals surface area contributed by atoms with Gasteiger partial charge < -0.3 is 4.90 Å². The minimum absolute atomic E-state index is 0.0491. The number of fused-ring (bicyclic) bond motifs is 3. The van der Waals surface area contributed by atoms with Crippen LogP contribution in [0.25, 0.3) is 33.4 Å². The van der Waals surface area contributed by atoms with Crippen molar-refractivity contribution in [1.82, 2.24) is 4.98 Å². The van der Waals surface area contributed by atoms with Crippen molar-refractivity contribution in [3.8, 4) is 33.4 Å². The van der Waals surface area contributed by atoms with Gasteiger partial charge in [-0.05, 0) is 137 Å². The number of anilines is 3. The molecule has 4 fully saturated rings. The molecule has 228 valence electrons. The number of para-hydroxylation sites is 1. The van der Waals surface area contributed by atoms with Crippen LogP contribution in [0.3, 0.4) is 0 Å². The van der Waals surface area contributed by atoms with E-state index in [-0.39, 0.29) is 5.41 Å². The van der Waals surface area contributed by atoms with Gasteiger partial charge in [-0.3, -0.25) is 4.98 Å². The Labute approximate surface area is 277 Å². The molecule has 5 aliphatic carbocycles. The molecule has 2 nitrogen and oxygen atoms in total. The average Bonchev–Trinajstić information content (AvgIpc) is 3.43. The second-order valence-corrected chi connectivity index (χ2v) is 14.4. The smallest absolute Gasteiger partial charge is 0.0543 e. The summed E-state index contributed by atoms with van der Waals surface area (Å²) in [5.41, 5.74) is 14.8. The summed E-state index contributed by atoms with van der Waals surface area (Å²) in [4.78, 5) is 6.99. The Morgan fingerprint density at radius 2 is 1.09 bits per heavy atom. The van der Waals surface area contributed by atoms with Gasteiger partial charge >= 0.3 is 0 Å². The molecule has 6 aromatic rings. The molecule has 1 spiro atoms. The molecule has 11 rings (SSSR count). The van der Waals surface area contributed by atoms with Crippen molar-refractivity contribution >= 4 is 17.1 Å². The van der Waals surface area contributed by atoms with Gasteiger partial charge in [-0.1, -0.05) is 91.0 Å². The molecule has 5 aromatic carbocycles. The normalized spacial score (nSPS) is 24.7. The molecular formula is C45H38N2. The summed E-state index contributed by atoms with van der Waals surface area (Å²) >= 11 is 0. The van der Waals surface area contributed by atoms with Gasteiger partial charge in [0, 0.05) is 34.7 Å². The molecule has 1 aromatic heterocycles. The highest BCUT2D eigenvalue weighted by atomic mass is 15.1. The molecule has 2 heteroatoms. The molecule has 4 saturated carbocycles. The Morgan fingerprint density at radius 1 is 0.489 bits per heavy atom. The summed E-state index contributed by atoms with van der Waals surface area (Å²) in [6.45, 7) is 0. The zero-order valence-electron chi connectivity index (χ0n) is 26.6. The van der Waals surface area contributed by atoms with E-state index in [1.165, 1.54) is 82.5 Å². The van der Waals surface area contributed by atoms with Crippen LogP contribution in [-0.4, -0.2) is 4.98 Å². The van der Waals surface area contributed by atoms with Gasteiger partial charge in [-0.25, -0.2) is 0 Å². The van der Waals surface area contributed by atoms with E-state index in [1.54, 1.807) is 11.1 Å². The fourth-order valence-corrected chi connectivity index (χ4v) is 10.7. The van der Waals surface area contributed by atoms with E-state index in [1.807, 2.05) is 12.4 Å². The topological polar surface area (TPSA) is 16.1 Å². The third-order valence-corrected chi connectivity index (χ3v) is 12.1. The van der Waals surface area contributed by atoms with Crippen LogP contribution in [-0.2, 0) is 5.41 Å². The highest BCUT2D eigenvalue weighted by molar-refractivity contribution is 5.98. The lowest BCUT2D eigenvalue weighted by molar-refractivity contribution is -0.0397. The van der Waals surface area contributed by atoms with Crippen LogP contribution in [0.2, 0.25) is 0 Å². The Kier molecular flexibility index (Phi) is 6.10. The monoisotopic (exact) mass is 606 g/mol. The first-order valence-electron chi connectivity index (χ1n) is 17.5. The van der Waals surface area contributed by atoms with Crippen LogP contribution in [0, 0.1) is 23.7 Å². The molecule has 0 amide bonds. The quantitative estimate of drug-likeness (QED) is 0.194. The highest BCUT2D eigenvalue weighted by Gasteiger charge is 2.62. The van der Waals surface area contributed by atoms with E-state index < -0.39 is 0 Å². The molecule has 0 aliphatic heterocycles. The Morgan fingerprint density at radius 3 is 1.79 bits per heavy atom. The fraction of sp³-hybridized carbons (Fsp3) is 0.222. The van der Waals surface area contributed by atoms with Crippen LogP contribution in [0.1, 0.15) is 43.2 Å². The highest BCUT2D eigenvalue weighted by Crippen LogP contribution is 2.71. The third-order valence-electron chi connectivity index (χ3n) is 12.1. The van der Waals surface area contributed by atoms with E-state index in [2.05, 4.69) is 143 Å². The zero-order valence-corrected chi connectivity index (χ0v) is 26.6. The van der Waals surface area contributed by atoms with Crippen LogP contribution in [0.4, 0.5) is 17.1 Å². The maximum absolute atomic E-state index is 4.50. The second-order valence-electron chi connectivity index (χ2n) is 14.4. The van der Waals surface area contributed by atoms with E-state index in [0.29, 0.717) is 11.8 Å². The van der Waals surface area contributed by atoms with E-state index in [4.69, 9.17) is 0 Å². The van der Waals surface area contributed by atoms with Gasteiger partial charge in [0.25, 0.3) is 0 Å². The van der Waals surface area contributed by atoms with Crippen molar-refractivity contribution in [3.63, 3.8) is 0 Å². The number of rotatable bonds is 5. The Bertz CT molecular complexity index is 2050. The van der Waals surface area contributed by atoms with Gasteiger partial charge in [-0.15, -0.1) is 0 Å². The van der Waals surface area contributed by atoms with E-state index in [0.717, 1.165) is 11.8 Å². The molecule has 0 unspecified atom stereocenters. The summed E-state index contributed by atoms with van der Waals surface area (Å²) in [6.07, 6.45) is 10.9. The molecule has 0 saturated heterocycles. The number of hydrogen-bond acceptors (Lipinski definition) is 2. The second kappa shape index (κ2) is 10.5. The number of hydrogen-bond donors (Lipinski definition) is 0. The summed E-state index contributed by atoms with van der Waals surface area (Å²) in [5, 5.41) is 0. The van der Waals surface area contributed by atoms with Gasteiger partial charge in [0.05, 0.1) is 5.69 Å². The molecule has 0 atom stereocenters. The van der Waals surface area contributed by atoms with Crippen LogP contribution in [0.15, 0.2) is 146 Å². The first-order chi connectivity index (χ1) is 23.3. The predicted octanol–water partition coefficient (Wildman–Crippen LogP) is 11.6. The van der Waals surface area contributed by atoms with Gasteiger partial charge in [-0.2, -0.15) is 0 Å². The number of benzene rings is 5. The van der Waals surface area contributed by atoms with E-state index >= 15 is 0 Å². The molecule has 4 bridgehead atoms. The minimum atomic E-state index is 0.0491. The Hall–Kier alpha value is -4.95. The maximum atomic E-state index is 4.50. The summed E-state index contributed by atoms with van der Waals surface area (Å²) in [6, 6.07) is 49.6. The third kappa shape index (κ3) is 4.00. The van der Waals surface area contributed by atoms with Gasteiger partial charge in [0.2, 0.25) is 0 Å². The maximum Gasteiger partial charge on any atom is 0.0543 e. The lowest BCUT2D eigenvalue weighted by atomic mass is 9.42. The molecular weight excluding hydrogens is 569 g/mol. The summed E-state index contributed by atoms with van der Waals surface area (Å²) in [7, 11) is 0. The van der Waals surface area contributed by atoms with Crippen molar-refractivity contribution in [2.75, 3.05) is 4.90 Å². The summed E-state index contributed by atoms with van der Waals surface area (Å²) in [5.74, 6) is 3.17. The fourth-order valence-electron chi connectivity index (χ4n) is 10.7. The van der Waals surface area contributed by atoms with Crippen LogP contribution >= 0.6 is 0 Å². The summed E-state index contributed by atoms with van der Waals surface area (Å²) < 4.78 is 0. The lowest BCUT2D eigenvalue weighted by Crippen LogP contribution is -2.55. The molecule has 1 heterocycles. The van der Waals surface area contributed by atoms with Gasteiger partial charge in [0.15, 0.2) is 0 Å². The number of pyridine rings is 1. The minimum Gasteiger partial charge on any atom is -0.310 e. The van der Waals surface area contributed by atoms with Crippen molar-refractivity contribution in [1.29, 1.82) is 0 Å². The zero-order chi connectivity index (χ0) is 31.0. The molecule has 5 aliphatic rings. The van der Waals surface area contributed by atoms with E-state index in [9.17, 15) is 0 Å². The SMILES string of the molecule is c1ccc(-c2ccc(N(c3ccccc3)c3ccc4c(c3-c3ccncc3)C3(c5ccccc5-4)C4CC5CC(C4)CC3C5)cc2)cc1. The number of aromatic nitrogens is 1. The largest absolute Gasteiger partial charge is 0.310 e. The standard InChI is InChI=1S/C45H38N2/c1-3-9-32(10-4-1)33-15-17-38(18-16-33)47(37-11-5-2-6-12-37)42-20-19-40-39-13-7-8-14-41(39)45(44(40)43(42)34-21-23-46-24-22-34)35-26-30-25-31(28-35)29-36(45)27-30/h1-24,30-31,35-36H,25-29H2. The van der Waals surface area contributed by atoms with Crippen molar-refractivity contribution in [3.05, 3.63) is 157 Å². The first-order valence-corrected chi connectivity index (χ1v) is 17.5. The Balaban J connectivity index is 1.25.